The molecule has 0 N–H and O–H groups in total. The molecule has 0 atom stereocenters. The smallest absolute Gasteiger partial charge is 0.269 e. The molecule has 0 unspecified atom stereocenters. The Morgan fingerprint density at radius 2 is 1.90 bits per heavy atom. The Morgan fingerprint density at radius 1 is 1.16 bits per heavy atom. The number of thiazole rings is 1. The summed E-state index contributed by atoms with van der Waals surface area (Å²) < 4.78 is 1.07. The molecule has 3 aromatic rings. The van der Waals surface area contributed by atoms with Crippen molar-refractivity contribution in [1.29, 1.82) is 0 Å². The number of hydrogen-bond acceptors (Lipinski definition) is 6. The molecule has 31 heavy (non-hydrogen) atoms. The maximum Gasteiger partial charge on any atom is 0.269 e. The van der Waals surface area contributed by atoms with Crippen molar-refractivity contribution in [3.05, 3.63) is 69.8 Å². The quantitative estimate of drug-likeness (QED) is 0.273. The van der Waals surface area contributed by atoms with Crippen molar-refractivity contribution in [3.63, 3.8) is 0 Å². The van der Waals surface area contributed by atoms with Gasteiger partial charge < -0.3 is 4.90 Å². The van der Waals surface area contributed by atoms with E-state index in [1.807, 2.05) is 20.2 Å². The fourth-order valence-electron chi connectivity index (χ4n) is 3.10. The Hall–Kier alpha value is -3.10. The van der Waals surface area contributed by atoms with Crippen molar-refractivity contribution in [2.45, 2.75) is 19.8 Å². The molecule has 0 radical (unpaired) electrons. The van der Waals surface area contributed by atoms with Gasteiger partial charge in [-0.1, -0.05) is 24.3 Å². The zero-order valence-corrected chi connectivity index (χ0v) is 18.8. The number of nitro groups is 1. The summed E-state index contributed by atoms with van der Waals surface area (Å²) in [4.78, 5) is 31.9. The summed E-state index contributed by atoms with van der Waals surface area (Å²) in [5.74, 6) is -0.160. The molecule has 8 heteroatoms. The van der Waals surface area contributed by atoms with E-state index in [0.29, 0.717) is 11.7 Å². The number of rotatable bonds is 9. The minimum Gasteiger partial charge on any atom is -0.309 e. The zero-order chi connectivity index (χ0) is 22.4. The van der Waals surface area contributed by atoms with Crippen molar-refractivity contribution < 1.29 is 9.72 Å². The van der Waals surface area contributed by atoms with Gasteiger partial charge in [-0.15, -0.1) is 0 Å². The lowest BCUT2D eigenvalue weighted by Crippen LogP contribution is -2.32. The molecule has 0 bridgehead atoms. The lowest BCUT2D eigenvalue weighted by atomic mass is 10.2. The van der Waals surface area contributed by atoms with Crippen LogP contribution >= 0.6 is 11.3 Å². The molecule has 0 aliphatic rings. The Bertz CT molecular complexity index is 1090. The second-order valence-corrected chi connectivity index (χ2v) is 8.49. The topological polar surface area (TPSA) is 79.6 Å². The van der Waals surface area contributed by atoms with Crippen LogP contribution in [0.25, 0.3) is 16.3 Å². The average Bonchev–Trinajstić information content (AvgIpc) is 3.17. The minimum atomic E-state index is -0.442. The van der Waals surface area contributed by atoms with Gasteiger partial charge in [0.15, 0.2) is 5.13 Å². The number of nitrogens with zero attached hydrogens (tertiary/aromatic N) is 4. The van der Waals surface area contributed by atoms with Gasteiger partial charge >= 0.3 is 0 Å². The molecule has 1 amide bonds. The third kappa shape index (κ3) is 5.96. The first kappa shape index (κ1) is 22.6. The molecular formula is C23H26N4O3S. The summed E-state index contributed by atoms with van der Waals surface area (Å²) in [7, 11) is 4.01. The average molecular weight is 439 g/mol. The van der Waals surface area contributed by atoms with Crippen LogP contribution in [-0.2, 0) is 11.2 Å². The summed E-state index contributed by atoms with van der Waals surface area (Å²) in [5, 5.41) is 11.5. The van der Waals surface area contributed by atoms with Gasteiger partial charge in [0.2, 0.25) is 0 Å². The number of aryl methyl sites for hydroxylation is 1. The summed E-state index contributed by atoms with van der Waals surface area (Å²) in [6.07, 6.45) is 4.95. The molecule has 0 saturated carbocycles. The number of carbonyl (C=O) groups is 1. The number of nitro benzene ring substituents is 1. The molecule has 0 spiro atoms. The number of non-ortho nitro benzene ring substituents is 1. The standard InChI is InChI=1S/C23H26N4O3S/c1-4-17-8-12-20-21(16-17)31-23(24-20)26(15-5-14-25(2)3)22(28)13-9-18-6-10-19(11-7-18)27(29)30/h6-13,16H,4-5,14-15H2,1-3H3/b13-9-. The minimum absolute atomic E-state index is 0.0229. The summed E-state index contributed by atoms with van der Waals surface area (Å²) >= 11 is 1.52. The highest BCUT2D eigenvalue weighted by Crippen LogP contribution is 2.30. The highest BCUT2D eigenvalue weighted by atomic mass is 32.1. The number of anilines is 1. The van der Waals surface area contributed by atoms with Gasteiger partial charge in [-0.25, -0.2) is 4.98 Å². The third-order valence-corrected chi connectivity index (χ3v) is 5.90. The Balaban J connectivity index is 1.83. The number of amides is 1. The second-order valence-electron chi connectivity index (χ2n) is 7.48. The monoisotopic (exact) mass is 438 g/mol. The van der Waals surface area contributed by atoms with E-state index in [2.05, 4.69) is 24.0 Å². The van der Waals surface area contributed by atoms with E-state index in [4.69, 9.17) is 4.98 Å². The normalized spacial score (nSPS) is 11.5. The van der Waals surface area contributed by atoms with Gasteiger partial charge in [-0.3, -0.25) is 19.8 Å². The number of hydrogen-bond donors (Lipinski definition) is 0. The fraction of sp³-hybridized carbons (Fsp3) is 0.304. The van der Waals surface area contributed by atoms with Gasteiger partial charge in [-0.2, -0.15) is 0 Å². The van der Waals surface area contributed by atoms with Crippen molar-refractivity contribution in [2.75, 3.05) is 32.1 Å². The number of aromatic nitrogens is 1. The van der Waals surface area contributed by atoms with Gasteiger partial charge in [0.1, 0.15) is 0 Å². The van der Waals surface area contributed by atoms with Crippen molar-refractivity contribution in [1.82, 2.24) is 9.88 Å². The predicted molar refractivity (Wildman–Crippen MR) is 127 cm³/mol. The fourth-order valence-corrected chi connectivity index (χ4v) is 4.16. The number of carbonyl (C=O) groups excluding carboxylic acids is 1. The van der Waals surface area contributed by atoms with Crippen LogP contribution in [0.2, 0.25) is 0 Å². The SMILES string of the molecule is CCc1ccc2nc(N(CCCN(C)C)C(=O)/C=C\c3ccc([N+](=O)[O-])cc3)sc2c1. The van der Waals surface area contributed by atoms with E-state index < -0.39 is 4.92 Å². The van der Waals surface area contributed by atoms with Crippen LogP contribution in [0.15, 0.2) is 48.5 Å². The van der Waals surface area contributed by atoms with E-state index >= 15 is 0 Å². The highest BCUT2D eigenvalue weighted by molar-refractivity contribution is 7.22. The largest absolute Gasteiger partial charge is 0.309 e. The van der Waals surface area contributed by atoms with Crippen LogP contribution in [-0.4, -0.2) is 47.9 Å². The summed E-state index contributed by atoms with van der Waals surface area (Å²) in [6, 6.07) is 12.3. The first-order valence-corrected chi connectivity index (χ1v) is 11.0. The molecule has 3 rings (SSSR count). The molecule has 0 saturated heterocycles. The number of benzene rings is 2. The molecule has 162 valence electrons. The molecular weight excluding hydrogens is 412 g/mol. The maximum atomic E-state index is 13.1. The molecule has 0 aliphatic carbocycles. The number of fused-ring (bicyclic) bond motifs is 1. The molecule has 0 aliphatic heterocycles. The molecule has 1 aromatic heterocycles. The van der Waals surface area contributed by atoms with Crippen LogP contribution in [0, 0.1) is 10.1 Å². The van der Waals surface area contributed by atoms with E-state index in [1.54, 1.807) is 23.1 Å². The van der Waals surface area contributed by atoms with E-state index in [0.717, 1.165) is 35.2 Å². The van der Waals surface area contributed by atoms with Crippen LogP contribution < -0.4 is 4.90 Å². The lowest BCUT2D eigenvalue weighted by molar-refractivity contribution is -0.384. The molecule has 0 fully saturated rings. The molecule has 1 heterocycles. The van der Waals surface area contributed by atoms with Crippen LogP contribution in [0.5, 0.6) is 0 Å². The first-order valence-electron chi connectivity index (χ1n) is 10.2. The second kappa shape index (κ2) is 10.3. The highest BCUT2D eigenvalue weighted by Gasteiger charge is 2.18. The summed E-state index contributed by atoms with van der Waals surface area (Å²) in [5.41, 5.74) is 2.88. The maximum absolute atomic E-state index is 13.1. The lowest BCUT2D eigenvalue weighted by Gasteiger charge is -2.19. The van der Waals surface area contributed by atoms with Gasteiger partial charge in [-0.05, 0) is 75.0 Å². The van der Waals surface area contributed by atoms with Gasteiger partial charge in [0, 0.05) is 24.8 Å². The van der Waals surface area contributed by atoms with Crippen LogP contribution in [0.1, 0.15) is 24.5 Å². The van der Waals surface area contributed by atoms with Crippen LogP contribution in [0.3, 0.4) is 0 Å². The van der Waals surface area contributed by atoms with Crippen molar-refractivity contribution in [3.8, 4) is 0 Å². The van der Waals surface area contributed by atoms with Crippen molar-refractivity contribution in [2.24, 2.45) is 0 Å². The zero-order valence-electron chi connectivity index (χ0n) is 17.9. The molecule has 2 aromatic carbocycles. The summed E-state index contributed by atoms with van der Waals surface area (Å²) in [6.45, 7) is 3.53. The Labute approximate surface area is 185 Å². The van der Waals surface area contributed by atoms with E-state index in [-0.39, 0.29) is 11.6 Å². The molecule has 7 nitrogen and oxygen atoms in total. The van der Waals surface area contributed by atoms with Crippen molar-refractivity contribution >= 4 is 44.4 Å². The first-order chi connectivity index (χ1) is 14.9. The Kier molecular flexibility index (Phi) is 7.49. The Morgan fingerprint density at radius 3 is 2.55 bits per heavy atom. The van der Waals surface area contributed by atoms with Crippen LogP contribution in [0.4, 0.5) is 10.8 Å². The van der Waals surface area contributed by atoms with E-state index in [9.17, 15) is 14.9 Å². The predicted octanol–water partition coefficient (Wildman–Crippen LogP) is 4.77. The van der Waals surface area contributed by atoms with E-state index in [1.165, 1.54) is 35.1 Å². The van der Waals surface area contributed by atoms with Gasteiger partial charge in [0.05, 0.1) is 15.1 Å². The van der Waals surface area contributed by atoms with Gasteiger partial charge in [0.25, 0.3) is 11.6 Å². The third-order valence-electron chi connectivity index (χ3n) is 4.86.